The molecule has 0 radical (unpaired) electrons. The van der Waals surface area contributed by atoms with E-state index in [1.54, 1.807) is 0 Å². The third-order valence-corrected chi connectivity index (χ3v) is 7.90. The van der Waals surface area contributed by atoms with Crippen LogP contribution in [-0.2, 0) is 9.53 Å². The highest BCUT2D eigenvalue weighted by Crippen LogP contribution is 2.34. The van der Waals surface area contributed by atoms with E-state index in [0.717, 1.165) is 76.7 Å². The van der Waals surface area contributed by atoms with Crippen molar-refractivity contribution in [1.29, 1.82) is 0 Å². The maximum Gasteiger partial charge on any atom is 0.225 e. The Balaban J connectivity index is 1.46. The second kappa shape index (κ2) is 10.7. The molecule has 3 aliphatic rings. The summed E-state index contributed by atoms with van der Waals surface area (Å²) in [6.45, 7) is 6.51. The monoisotopic (exact) mass is 410 g/mol. The lowest BCUT2D eigenvalue weighted by atomic mass is 9.88. The van der Waals surface area contributed by atoms with E-state index in [0.29, 0.717) is 11.9 Å². The Bertz CT molecular complexity index is 525. The number of hydrogen-bond acceptors (Lipinski definition) is 4. The number of rotatable bonds is 6. The highest BCUT2D eigenvalue weighted by molar-refractivity contribution is 8.00. The van der Waals surface area contributed by atoms with E-state index in [9.17, 15) is 4.79 Å². The molecule has 2 aliphatic heterocycles. The molecular formula is C21H38N4O2S. The summed E-state index contributed by atoms with van der Waals surface area (Å²) < 4.78 is 5.81. The highest BCUT2D eigenvalue weighted by Gasteiger charge is 2.34. The van der Waals surface area contributed by atoms with Gasteiger partial charge in [0, 0.05) is 56.6 Å². The molecule has 3 fully saturated rings. The molecule has 7 heteroatoms. The van der Waals surface area contributed by atoms with E-state index in [1.807, 2.05) is 18.8 Å². The molecule has 1 aliphatic carbocycles. The van der Waals surface area contributed by atoms with Gasteiger partial charge in [-0.2, -0.15) is 11.8 Å². The van der Waals surface area contributed by atoms with Gasteiger partial charge >= 0.3 is 0 Å². The number of nitrogens with one attached hydrogen (secondary N) is 2. The van der Waals surface area contributed by atoms with Crippen molar-refractivity contribution in [3.05, 3.63) is 0 Å². The minimum Gasteiger partial charge on any atom is -0.381 e. The number of hydrogen-bond donors (Lipinski definition) is 2. The molecule has 1 saturated carbocycles. The number of guanidine groups is 1. The maximum absolute atomic E-state index is 12.8. The molecule has 0 aromatic rings. The molecule has 2 heterocycles. The number of amides is 1. The molecule has 2 saturated heterocycles. The van der Waals surface area contributed by atoms with E-state index in [4.69, 9.17) is 4.74 Å². The van der Waals surface area contributed by atoms with Crippen LogP contribution in [0.4, 0.5) is 0 Å². The van der Waals surface area contributed by atoms with Gasteiger partial charge in [0.2, 0.25) is 5.91 Å². The van der Waals surface area contributed by atoms with Crippen molar-refractivity contribution >= 4 is 23.6 Å². The lowest BCUT2D eigenvalue weighted by molar-refractivity contribution is -0.135. The van der Waals surface area contributed by atoms with Gasteiger partial charge in [0.05, 0.1) is 0 Å². The standard InChI is InChI=1S/C21H38N4O2S/c1-3-28-21(10-13-27-14-11-21)16-23-20(22-2)24-18-9-12-25(15-18)19(26)17-7-5-4-6-8-17/h17-18H,3-16H2,1-2H3,(H2,22,23,24). The number of ether oxygens (including phenoxy) is 1. The van der Waals surface area contributed by atoms with Crippen LogP contribution in [-0.4, -0.2) is 73.2 Å². The molecule has 0 aromatic carbocycles. The summed E-state index contributed by atoms with van der Waals surface area (Å²) >= 11 is 2.04. The summed E-state index contributed by atoms with van der Waals surface area (Å²) in [5.41, 5.74) is 0. The Morgan fingerprint density at radius 1 is 1.21 bits per heavy atom. The average Bonchev–Trinajstić information content (AvgIpc) is 3.20. The Morgan fingerprint density at radius 3 is 2.64 bits per heavy atom. The molecule has 6 nitrogen and oxygen atoms in total. The van der Waals surface area contributed by atoms with Gasteiger partial charge in [-0.3, -0.25) is 9.79 Å². The molecular weight excluding hydrogens is 372 g/mol. The topological polar surface area (TPSA) is 66.0 Å². The van der Waals surface area contributed by atoms with Crippen molar-refractivity contribution in [1.82, 2.24) is 15.5 Å². The van der Waals surface area contributed by atoms with Crippen molar-refractivity contribution in [3.8, 4) is 0 Å². The number of carbonyl (C=O) groups is 1. The number of carbonyl (C=O) groups excluding carboxylic acids is 1. The van der Waals surface area contributed by atoms with Gasteiger partial charge in [0.15, 0.2) is 5.96 Å². The molecule has 0 bridgehead atoms. The molecule has 2 N–H and O–H groups in total. The lowest BCUT2D eigenvalue weighted by Gasteiger charge is -2.37. The zero-order chi connectivity index (χ0) is 19.8. The Hall–Kier alpha value is -0.950. The van der Waals surface area contributed by atoms with E-state index < -0.39 is 0 Å². The van der Waals surface area contributed by atoms with Crippen LogP contribution >= 0.6 is 11.8 Å². The average molecular weight is 411 g/mol. The third kappa shape index (κ3) is 5.78. The maximum atomic E-state index is 12.8. The summed E-state index contributed by atoms with van der Waals surface area (Å²) in [5, 5.41) is 7.11. The van der Waals surface area contributed by atoms with E-state index in [2.05, 4.69) is 27.4 Å². The summed E-state index contributed by atoms with van der Waals surface area (Å²) in [5.74, 6) is 2.63. The third-order valence-electron chi connectivity index (χ3n) is 6.45. The van der Waals surface area contributed by atoms with E-state index in [-0.39, 0.29) is 10.7 Å². The lowest BCUT2D eigenvalue weighted by Crippen LogP contribution is -2.51. The first-order chi connectivity index (χ1) is 13.7. The van der Waals surface area contributed by atoms with Gasteiger partial charge < -0.3 is 20.3 Å². The fourth-order valence-corrected chi connectivity index (χ4v) is 5.98. The van der Waals surface area contributed by atoms with Crippen LogP contribution in [0.15, 0.2) is 4.99 Å². The number of likely N-dealkylation sites (tertiary alicyclic amines) is 1. The molecule has 3 rings (SSSR count). The van der Waals surface area contributed by atoms with Crippen molar-refractivity contribution < 1.29 is 9.53 Å². The molecule has 0 aromatic heterocycles. The van der Waals surface area contributed by atoms with Gasteiger partial charge in [-0.05, 0) is 37.9 Å². The fraction of sp³-hybridized carbons (Fsp3) is 0.905. The van der Waals surface area contributed by atoms with Gasteiger partial charge in [-0.1, -0.05) is 26.2 Å². The van der Waals surface area contributed by atoms with Crippen LogP contribution in [0.1, 0.15) is 58.3 Å². The Morgan fingerprint density at radius 2 is 1.96 bits per heavy atom. The van der Waals surface area contributed by atoms with E-state index >= 15 is 0 Å². The number of aliphatic imine (C=N–C) groups is 1. The number of nitrogens with zero attached hydrogens (tertiary/aromatic N) is 2. The summed E-state index contributed by atoms with van der Waals surface area (Å²) in [7, 11) is 1.83. The van der Waals surface area contributed by atoms with Crippen LogP contribution in [0.3, 0.4) is 0 Å². The smallest absolute Gasteiger partial charge is 0.225 e. The van der Waals surface area contributed by atoms with Crippen molar-refractivity contribution in [2.75, 3.05) is 45.6 Å². The predicted molar refractivity (Wildman–Crippen MR) is 117 cm³/mol. The second-order valence-corrected chi connectivity index (χ2v) is 10.1. The second-order valence-electron chi connectivity index (χ2n) is 8.40. The van der Waals surface area contributed by atoms with Crippen molar-refractivity contribution in [2.24, 2.45) is 10.9 Å². The molecule has 0 spiro atoms. The van der Waals surface area contributed by atoms with E-state index in [1.165, 1.54) is 19.3 Å². The van der Waals surface area contributed by atoms with Crippen LogP contribution in [0.25, 0.3) is 0 Å². The Labute approximate surface area is 174 Å². The fourth-order valence-electron chi connectivity index (χ4n) is 4.74. The summed E-state index contributed by atoms with van der Waals surface area (Å²) in [6.07, 6.45) is 9.05. The van der Waals surface area contributed by atoms with Crippen molar-refractivity contribution in [2.45, 2.75) is 69.1 Å². The first kappa shape index (κ1) is 21.8. The van der Waals surface area contributed by atoms with Crippen LogP contribution < -0.4 is 10.6 Å². The molecule has 1 unspecified atom stereocenters. The highest BCUT2D eigenvalue weighted by atomic mass is 32.2. The zero-order valence-electron chi connectivity index (χ0n) is 17.7. The minimum atomic E-state index is 0.239. The largest absolute Gasteiger partial charge is 0.381 e. The Kier molecular flexibility index (Phi) is 8.33. The van der Waals surface area contributed by atoms with Gasteiger partial charge in [-0.15, -0.1) is 0 Å². The van der Waals surface area contributed by atoms with Gasteiger partial charge in [-0.25, -0.2) is 0 Å². The quantitative estimate of drug-likeness (QED) is 0.521. The predicted octanol–water partition coefficient (Wildman–Crippen LogP) is 2.63. The first-order valence-corrected chi connectivity index (χ1v) is 12.1. The number of thioether (sulfide) groups is 1. The molecule has 1 atom stereocenters. The first-order valence-electron chi connectivity index (χ1n) is 11.1. The summed E-state index contributed by atoms with van der Waals surface area (Å²) in [6, 6.07) is 0.295. The molecule has 1 amide bonds. The van der Waals surface area contributed by atoms with Crippen molar-refractivity contribution in [3.63, 3.8) is 0 Å². The normalized spacial score (nSPS) is 26.3. The molecule has 160 valence electrons. The van der Waals surface area contributed by atoms with Crippen LogP contribution in [0.2, 0.25) is 0 Å². The molecule has 28 heavy (non-hydrogen) atoms. The van der Waals surface area contributed by atoms with Gasteiger partial charge in [0.1, 0.15) is 0 Å². The van der Waals surface area contributed by atoms with Gasteiger partial charge in [0.25, 0.3) is 0 Å². The van der Waals surface area contributed by atoms with Crippen LogP contribution in [0, 0.1) is 5.92 Å². The SMILES string of the molecule is CCSC1(CNC(=NC)NC2CCN(C(=O)C3CCCCC3)C2)CCOCC1. The minimum absolute atomic E-state index is 0.239. The zero-order valence-corrected chi connectivity index (χ0v) is 18.5. The summed E-state index contributed by atoms with van der Waals surface area (Å²) in [4.78, 5) is 19.3. The van der Waals surface area contributed by atoms with Crippen LogP contribution in [0.5, 0.6) is 0 Å².